The van der Waals surface area contributed by atoms with E-state index in [2.05, 4.69) is 43.5 Å². The van der Waals surface area contributed by atoms with Gasteiger partial charge in [0.1, 0.15) is 0 Å². The van der Waals surface area contributed by atoms with Crippen LogP contribution in [0.15, 0.2) is 29.6 Å². The summed E-state index contributed by atoms with van der Waals surface area (Å²) < 4.78 is 1.38. The van der Waals surface area contributed by atoms with Gasteiger partial charge in [0.2, 0.25) is 0 Å². The molecule has 2 rings (SSSR count). The van der Waals surface area contributed by atoms with Gasteiger partial charge in [-0.25, -0.2) is 0 Å². The van der Waals surface area contributed by atoms with Crippen LogP contribution in [0.4, 0.5) is 0 Å². The van der Waals surface area contributed by atoms with Crippen LogP contribution >= 0.6 is 11.3 Å². The largest absolute Gasteiger partial charge is 0.330 e. The maximum Gasteiger partial charge on any atom is 0.0345 e. The second kappa shape index (κ2) is 3.95. The molecule has 0 amide bonds. The fourth-order valence-electron chi connectivity index (χ4n) is 1.76. The highest BCUT2D eigenvalue weighted by Gasteiger charge is 2.18. The summed E-state index contributed by atoms with van der Waals surface area (Å²) in [5, 5.41) is 3.66. The Hall–Kier alpha value is -0.860. The third-order valence-corrected chi connectivity index (χ3v) is 3.80. The molecule has 0 spiro atoms. The second-order valence-electron chi connectivity index (χ2n) is 4.80. The predicted molar refractivity (Wildman–Crippen MR) is 68.4 cm³/mol. The molecule has 80 valence electrons. The normalized spacial score (nSPS) is 12.2. The molecule has 0 fully saturated rings. The minimum Gasteiger partial charge on any atom is -0.330 e. The summed E-state index contributed by atoms with van der Waals surface area (Å²) in [5.41, 5.74) is 7.40. The zero-order chi connectivity index (χ0) is 10.9. The molecule has 0 unspecified atom stereocenters. The lowest BCUT2D eigenvalue weighted by Crippen LogP contribution is -2.25. The Morgan fingerprint density at radius 1 is 1.27 bits per heavy atom. The summed E-state index contributed by atoms with van der Waals surface area (Å²) in [6, 6.07) is 8.58. The molecule has 0 saturated carbocycles. The Balaban J connectivity index is 2.37. The molecule has 15 heavy (non-hydrogen) atoms. The first-order chi connectivity index (χ1) is 7.12. The van der Waals surface area contributed by atoms with Crippen molar-refractivity contribution in [1.82, 2.24) is 0 Å². The predicted octanol–water partition coefficient (Wildman–Crippen LogP) is 3.43. The Bertz CT molecular complexity index is 456. The van der Waals surface area contributed by atoms with Crippen LogP contribution in [0.1, 0.15) is 19.4 Å². The van der Waals surface area contributed by atoms with E-state index in [9.17, 15) is 0 Å². The highest BCUT2D eigenvalue weighted by atomic mass is 32.1. The molecule has 1 aromatic heterocycles. The molecule has 0 bridgehead atoms. The van der Waals surface area contributed by atoms with Crippen LogP contribution in [0.25, 0.3) is 10.1 Å². The molecule has 0 atom stereocenters. The summed E-state index contributed by atoms with van der Waals surface area (Å²) in [6.45, 7) is 5.18. The lowest BCUT2D eigenvalue weighted by atomic mass is 9.86. The van der Waals surface area contributed by atoms with Gasteiger partial charge in [0, 0.05) is 4.70 Å². The van der Waals surface area contributed by atoms with Gasteiger partial charge in [-0.3, -0.25) is 0 Å². The Kier molecular flexibility index (Phi) is 2.81. The molecule has 0 radical (unpaired) electrons. The number of hydrogen-bond donors (Lipinski definition) is 1. The molecule has 0 aliphatic heterocycles. The summed E-state index contributed by atoms with van der Waals surface area (Å²) >= 11 is 1.82. The quantitative estimate of drug-likeness (QED) is 0.841. The monoisotopic (exact) mass is 219 g/mol. The van der Waals surface area contributed by atoms with Gasteiger partial charge in [-0.05, 0) is 40.8 Å². The highest BCUT2D eigenvalue weighted by molar-refractivity contribution is 7.17. The molecule has 1 heterocycles. The molecule has 1 nitrogen and oxygen atoms in total. The summed E-state index contributed by atoms with van der Waals surface area (Å²) in [6.07, 6.45) is 1.06. The van der Waals surface area contributed by atoms with Crippen LogP contribution in [0.3, 0.4) is 0 Å². The molecule has 1 aromatic carbocycles. The highest BCUT2D eigenvalue weighted by Crippen LogP contribution is 2.30. The molecule has 0 aliphatic carbocycles. The van der Waals surface area contributed by atoms with E-state index in [1.807, 2.05) is 11.3 Å². The smallest absolute Gasteiger partial charge is 0.0345 e. The summed E-state index contributed by atoms with van der Waals surface area (Å²) in [7, 11) is 0. The fourth-order valence-corrected chi connectivity index (χ4v) is 2.72. The zero-order valence-electron chi connectivity index (χ0n) is 9.29. The van der Waals surface area contributed by atoms with Crippen molar-refractivity contribution in [3.63, 3.8) is 0 Å². The van der Waals surface area contributed by atoms with Gasteiger partial charge < -0.3 is 5.73 Å². The Morgan fingerprint density at radius 3 is 2.73 bits per heavy atom. The average molecular weight is 219 g/mol. The molecular formula is C13H17NS. The first-order valence-corrected chi connectivity index (χ1v) is 6.15. The number of benzene rings is 1. The molecule has 2 aromatic rings. The summed E-state index contributed by atoms with van der Waals surface area (Å²) in [4.78, 5) is 0. The van der Waals surface area contributed by atoms with Crippen molar-refractivity contribution in [3.05, 3.63) is 35.2 Å². The maximum atomic E-state index is 5.77. The molecule has 2 heteroatoms. The molecule has 0 saturated heterocycles. The number of nitrogens with two attached hydrogens (primary N) is 1. The number of hydrogen-bond acceptors (Lipinski definition) is 2. The van der Waals surface area contributed by atoms with Crippen LogP contribution in [-0.4, -0.2) is 6.54 Å². The van der Waals surface area contributed by atoms with Gasteiger partial charge >= 0.3 is 0 Å². The van der Waals surface area contributed by atoms with Gasteiger partial charge in [0.15, 0.2) is 0 Å². The third-order valence-electron chi connectivity index (χ3n) is 2.78. The number of rotatable bonds is 3. The van der Waals surface area contributed by atoms with Crippen LogP contribution < -0.4 is 5.73 Å². The van der Waals surface area contributed by atoms with Crippen LogP contribution in [0.2, 0.25) is 0 Å². The van der Waals surface area contributed by atoms with E-state index in [1.165, 1.54) is 15.6 Å². The van der Waals surface area contributed by atoms with Crippen molar-refractivity contribution in [2.75, 3.05) is 6.54 Å². The van der Waals surface area contributed by atoms with E-state index in [1.54, 1.807) is 0 Å². The van der Waals surface area contributed by atoms with E-state index in [0.29, 0.717) is 0 Å². The standard InChI is InChI=1S/C13H17NS/c1-13(2,9-14)7-10-8-15-12-6-4-3-5-11(10)12/h3-6,8H,7,9,14H2,1-2H3. The summed E-state index contributed by atoms with van der Waals surface area (Å²) in [5.74, 6) is 0. The van der Waals surface area contributed by atoms with Crippen molar-refractivity contribution < 1.29 is 0 Å². The van der Waals surface area contributed by atoms with Gasteiger partial charge in [0.05, 0.1) is 0 Å². The van der Waals surface area contributed by atoms with E-state index in [0.717, 1.165) is 13.0 Å². The second-order valence-corrected chi connectivity index (χ2v) is 5.71. The van der Waals surface area contributed by atoms with Gasteiger partial charge in [-0.2, -0.15) is 0 Å². The molecular weight excluding hydrogens is 202 g/mol. The maximum absolute atomic E-state index is 5.77. The van der Waals surface area contributed by atoms with Gasteiger partial charge in [-0.1, -0.05) is 32.0 Å². The van der Waals surface area contributed by atoms with Crippen LogP contribution in [-0.2, 0) is 6.42 Å². The van der Waals surface area contributed by atoms with Crippen LogP contribution in [0, 0.1) is 5.41 Å². The molecule has 0 aliphatic rings. The topological polar surface area (TPSA) is 26.0 Å². The van der Waals surface area contributed by atoms with Crippen molar-refractivity contribution in [2.24, 2.45) is 11.1 Å². The van der Waals surface area contributed by atoms with Crippen LogP contribution in [0.5, 0.6) is 0 Å². The minimum atomic E-state index is 0.198. The SMILES string of the molecule is CC(C)(CN)Cc1csc2ccccc12. The van der Waals surface area contributed by atoms with E-state index in [4.69, 9.17) is 5.73 Å². The van der Waals surface area contributed by atoms with Crippen molar-refractivity contribution >= 4 is 21.4 Å². The fraction of sp³-hybridized carbons (Fsp3) is 0.385. The Morgan fingerprint density at radius 2 is 2.00 bits per heavy atom. The third kappa shape index (κ3) is 2.21. The lowest BCUT2D eigenvalue weighted by molar-refractivity contribution is 0.378. The average Bonchev–Trinajstić information content (AvgIpc) is 2.62. The van der Waals surface area contributed by atoms with E-state index in [-0.39, 0.29) is 5.41 Å². The van der Waals surface area contributed by atoms with Crippen molar-refractivity contribution in [1.29, 1.82) is 0 Å². The Labute approximate surface area is 94.9 Å². The van der Waals surface area contributed by atoms with E-state index < -0.39 is 0 Å². The van der Waals surface area contributed by atoms with E-state index >= 15 is 0 Å². The van der Waals surface area contributed by atoms with Gasteiger partial charge in [-0.15, -0.1) is 11.3 Å². The molecule has 2 N–H and O–H groups in total. The van der Waals surface area contributed by atoms with Crippen molar-refractivity contribution in [3.8, 4) is 0 Å². The number of fused-ring (bicyclic) bond motifs is 1. The van der Waals surface area contributed by atoms with Crippen molar-refractivity contribution in [2.45, 2.75) is 20.3 Å². The first kappa shape index (κ1) is 10.7. The zero-order valence-corrected chi connectivity index (χ0v) is 10.1. The minimum absolute atomic E-state index is 0.198. The lowest BCUT2D eigenvalue weighted by Gasteiger charge is -2.21. The number of thiophene rings is 1. The first-order valence-electron chi connectivity index (χ1n) is 5.27. The van der Waals surface area contributed by atoms with Gasteiger partial charge in [0.25, 0.3) is 0 Å².